The minimum atomic E-state index is -0.189. The van der Waals surface area contributed by atoms with Crippen LogP contribution in [-0.4, -0.2) is 29.3 Å². The highest BCUT2D eigenvalue weighted by atomic mass is 16.1. The quantitative estimate of drug-likeness (QED) is 0.334. The molecule has 1 saturated carbocycles. The third kappa shape index (κ3) is 4.15. The van der Waals surface area contributed by atoms with Crippen molar-refractivity contribution in [1.29, 1.82) is 0 Å². The number of aromatic amines is 1. The number of benzene rings is 2. The van der Waals surface area contributed by atoms with E-state index in [9.17, 15) is 4.79 Å². The zero-order valence-corrected chi connectivity index (χ0v) is 20.7. The van der Waals surface area contributed by atoms with Crippen molar-refractivity contribution in [2.45, 2.75) is 57.9 Å². The molecule has 36 heavy (non-hydrogen) atoms. The average Bonchev–Trinajstić information content (AvgIpc) is 3.65. The Morgan fingerprint density at radius 3 is 2.58 bits per heavy atom. The third-order valence-electron chi connectivity index (χ3n) is 7.26. The van der Waals surface area contributed by atoms with Crippen molar-refractivity contribution < 1.29 is 0 Å². The largest absolute Gasteiger partial charge is 0.328 e. The van der Waals surface area contributed by atoms with E-state index in [-0.39, 0.29) is 5.69 Å². The molecule has 0 amide bonds. The fourth-order valence-corrected chi connectivity index (χ4v) is 5.28. The van der Waals surface area contributed by atoms with Crippen molar-refractivity contribution in [2.75, 3.05) is 0 Å². The molecular formula is C29H30N6O. The summed E-state index contributed by atoms with van der Waals surface area (Å²) in [7, 11) is 0. The van der Waals surface area contributed by atoms with Gasteiger partial charge in [-0.25, -0.2) is 19.4 Å². The van der Waals surface area contributed by atoms with Gasteiger partial charge in [0.05, 0.1) is 24.1 Å². The van der Waals surface area contributed by atoms with Crippen LogP contribution in [0.3, 0.4) is 0 Å². The van der Waals surface area contributed by atoms with Gasteiger partial charge in [0, 0.05) is 17.7 Å². The summed E-state index contributed by atoms with van der Waals surface area (Å²) in [5.74, 6) is 1.57. The Balaban J connectivity index is 1.29. The highest BCUT2D eigenvalue weighted by Crippen LogP contribution is 2.33. The first-order valence-electron chi connectivity index (χ1n) is 12.8. The van der Waals surface area contributed by atoms with Gasteiger partial charge in [0.1, 0.15) is 5.52 Å². The number of imidazole rings is 1. The standard InChI is InChI=1S/C29H30N6O/c1-19(2)23-9-5-6-10-24(23)27-30-17-26-28(32-27)34(29(36)31-26)18-20-11-13-22(14-12-20)35-16-15-25(33-35)21-7-3-4-8-21/h5-6,9-17,19,21H,3-4,7-8,18H2,1-2H3,(H,31,36). The maximum Gasteiger partial charge on any atom is 0.328 e. The first-order chi connectivity index (χ1) is 17.6. The summed E-state index contributed by atoms with van der Waals surface area (Å²) in [5, 5.41) is 4.82. The maximum atomic E-state index is 12.8. The van der Waals surface area contributed by atoms with Crippen LogP contribution in [0, 0.1) is 0 Å². The van der Waals surface area contributed by atoms with Gasteiger partial charge in [0.15, 0.2) is 11.5 Å². The molecule has 1 fully saturated rings. The number of nitrogens with zero attached hydrogens (tertiary/aromatic N) is 5. The third-order valence-corrected chi connectivity index (χ3v) is 7.26. The van der Waals surface area contributed by atoms with Gasteiger partial charge in [-0.2, -0.15) is 5.10 Å². The zero-order chi connectivity index (χ0) is 24.6. The van der Waals surface area contributed by atoms with Gasteiger partial charge >= 0.3 is 5.69 Å². The Labute approximate surface area is 209 Å². The molecule has 1 N–H and O–H groups in total. The highest BCUT2D eigenvalue weighted by Gasteiger charge is 2.19. The lowest BCUT2D eigenvalue weighted by atomic mass is 9.97. The van der Waals surface area contributed by atoms with E-state index in [4.69, 9.17) is 10.1 Å². The molecule has 6 rings (SSSR count). The number of hydrogen-bond acceptors (Lipinski definition) is 4. The molecule has 5 aromatic rings. The second-order valence-electron chi connectivity index (χ2n) is 10.0. The van der Waals surface area contributed by atoms with Gasteiger partial charge < -0.3 is 4.98 Å². The van der Waals surface area contributed by atoms with Gasteiger partial charge in [0.2, 0.25) is 0 Å². The zero-order valence-electron chi connectivity index (χ0n) is 20.7. The summed E-state index contributed by atoms with van der Waals surface area (Å²) in [6, 6.07) is 18.5. The van der Waals surface area contributed by atoms with Crippen LogP contribution in [0.5, 0.6) is 0 Å². The number of H-pyrrole nitrogens is 1. The molecule has 182 valence electrons. The number of hydrogen-bond donors (Lipinski definition) is 1. The van der Waals surface area contributed by atoms with Crippen LogP contribution in [0.2, 0.25) is 0 Å². The lowest BCUT2D eigenvalue weighted by Gasteiger charge is -2.11. The molecule has 0 spiro atoms. The molecule has 3 heterocycles. The first-order valence-corrected chi connectivity index (χ1v) is 12.8. The number of rotatable bonds is 6. The second kappa shape index (κ2) is 9.22. The Kier molecular flexibility index (Phi) is 5.76. The normalized spacial score (nSPS) is 14.3. The molecule has 0 aliphatic heterocycles. The van der Waals surface area contributed by atoms with Crippen LogP contribution in [0.25, 0.3) is 28.2 Å². The molecule has 0 bridgehead atoms. The van der Waals surface area contributed by atoms with Crippen molar-refractivity contribution in [2.24, 2.45) is 0 Å². The van der Waals surface area contributed by atoms with Gasteiger partial charge in [-0.1, -0.05) is 63.1 Å². The van der Waals surface area contributed by atoms with Crippen molar-refractivity contribution in [3.8, 4) is 17.1 Å². The molecule has 1 aliphatic rings. The number of fused-ring (bicyclic) bond motifs is 1. The molecule has 0 radical (unpaired) electrons. The first kappa shape index (κ1) is 22.5. The predicted octanol–water partition coefficient (Wildman–Crippen LogP) is 5.80. The smallest absolute Gasteiger partial charge is 0.303 e. The van der Waals surface area contributed by atoms with Crippen LogP contribution >= 0.6 is 0 Å². The molecule has 3 aromatic heterocycles. The topological polar surface area (TPSA) is 81.4 Å². The Morgan fingerprint density at radius 1 is 1.03 bits per heavy atom. The number of nitrogens with one attached hydrogen (secondary N) is 1. The van der Waals surface area contributed by atoms with Crippen molar-refractivity contribution in [3.63, 3.8) is 0 Å². The molecular weight excluding hydrogens is 448 g/mol. The SMILES string of the molecule is CC(C)c1ccccc1-c1ncc2[nH]c(=O)n(Cc3ccc(-n4ccc(C5CCCC5)n4)cc3)c2n1. The highest BCUT2D eigenvalue weighted by molar-refractivity contribution is 5.73. The molecule has 7 heteroatoms. The van der Waals surface area contributed by atoms with E-state index in [1.54, 1.807) is 10.8 Å². The second-order valence-corrected chi connectivity index (χ2v) is 10.0. The van der Waals surface area contributed by atoms with E-state index in [2.05, 4.69) is 48.1 Å². The van der Waals surface area contributed by atoms with Crippen LogP contribution in [0.15, 0.2) is 71.8 Å². The fraction of sp³-hybridized carbons (Fsp3) is 0.310. The lowest BCUT2D eigenvalue weighted by Crippen LogP contribution is -2.17. The van der Waals surface area contributed by atoms with Crippen LogP contribution in [0.4, 0.5) is 0 Å². The molecule has 0 saturated heterocycles. The van der Waals surface area contributed by atoms with Crippen molar-refractivity contribution in [3.05, 3.63) is 94.3 Å². The summed E-state index contributed by atoms with van der Waals surface area (Å²) >= 11 is 0. The number of aromatic nitrogens is 6. The predicted molar refractivity (Wildman–Crippen MR) is 142 cm³/mol. The summed E-state index contributed by atoms with van der Waals surface area (Å²) in [6.07, 6.45) is 8.83. The van der Waals surface area contributed by atoms with E-state index < -0.39 is 0 Å². The minimum Gasteiger partial charge on any atom is -0.303 e. The summed E-state index contributed by atoms with van der Waals surface area (Å²) < 4.78 is 3.63. The van der Waals surface area contributed by atoms with Gasteiger partial charge in [-0.15, -0.1) is 0 Å². The van der Waals surface area contributed by atoms with Crippen LogP contribution in [-0.2, 0) is 6.54 Å². The van der Waals surface area contributed by atoms with E-state index in [0.717, 1.165) is 16.8 Å². The van der Waals surface area contributed by atoms with Crippen LogP contribution in [0.1, 0.15) is 68.2 Å². The minimum absolute atomic E-state index is 0.189. The fourth-order valence-electron chi connectivity index (χ4n) is 5.28. The Bertz CT molecular complexity index is 1570. The van der Waals surface area contributed by atoms with E-state index >= 15 is 0 Å². The summed E-state index contributed by atoms with van der Waals surface area (Å²) in [6.45, 7) is 4.74. The van der Waals surface area contributed by atoms with Crippen molar-refractivity contribution >= 4 is 11.2 Å². The molecule has 2 aromatic carbocycles. The monoisotopic (exact) mass is 478 g/mol. The average molecular weight is 479 g/mol. The molecule has 0 unspecified atom stereocenters. The van der Waals surface area contributed by atoms with Gasteiger partial charge in [-0.3, -0.25) is 4.57 Å². The summed E-state index contributed by atoms with van der Waals surface area (Å²) in [4.78, 5) is 25.1. The maximum absolute atomic E-state index is 12.8. The molecule has 0 atom stereocenters. The molecule has 1 aliphatic carbocycles. The van der Waals surface area contributed by atoms with E-state index in [1.165, 1.54) is 36.9 Å². The van der Waals surface area contributed by atoms with E-state index in [0.29, 0.717) is 35.4 Å². The van der Waals surface area contributed by atoms with Gasteiger partial charge in [0.25, 0.3) is 0 Å². The van der Waals surface area contributed by atoms with Crippen LogP contribution < -0.4 is 5.69 Å². The van der Waals surface area contributed by atoms with E-state index in [1.807, 2.05) is 41.2 Å². The Hall–Kier alpha value is -4.00. The van der Waals surface area contributed by atoms with Crippen molar-refractivity contribution in [1.82, 2.24) is 29.3 Å². The van der Waals surface area contributed by atoms with Gasteiger partial charge in [-0.05, 0) is 48.1 Å². The molecule has 7 nitrogen and oxygen atoms in total. The summed E-state index contributed by atoms with van der Waals surface area (Å²) in [5.41, 5.74) is 6.47. The lowest BCUT2D eigenvalue weighted by molar-refractivity contribution is 0.678. The Morgan fingerprint density at radius 2 is 1.81 bits per heavy atom.